The first-order valence-electron chi connectivity index (χ1n) is 24.2. The van der Waals surface area contributed by atoms with Gasteiger partial charge in [-0.1, -0.05) is 71.6 Å². The zero-order valence-corrected chi connectivity index (χ0v) is 39.0. The molecule has 0 saturated heterocycles. The smallest absolute Gasteiger partial charge is 0.306 e. The van der Waals surface area contributed by atoms with Crippen molar-refractivity contribution in [2.24, 2.45) is 52.3 Å². The Morgan fingerprint density at radius 3 is 2.40 bits per heavy atom. The van der Waals surface area contributed by atoms with Crippen LogP contribution in [0.4, 0.5) is 5.13 Å². The van der Waals surface area contributed by atoms with Crippen molar-refractivity contribution in [1.82, 2.24) is 15.3 Å². The van der Waals surface area contributed by atoms with Crippen molar-refractivity contribution in [3.8, 4) is 11.5 Å². The van der Waals surface area contributed by atoms with Gasteiger partial charge in [0.2, 0.25) is 0 Å². The van der Waals surface area contributed by atoms with Gasteiger partial charge in [0.15, 0.2) is 5.13 Å². The molecule has 3 aromatic rings. The summed E-state index contributed by atoms with van der Waals surface area (Å²) in [5, 5.41) is 6.89. The second kappa shape index (κ2) is 19.2. The molecule has 11 atom stereocenters. The third-order valence-electron chi connectivity index (χ3n) is 16.7. The maximum atomic E-state index is 13.2. The second-order valence-electron chi connectivity index (χ2n) is 20.8. The van der Waals surface area contributed by atoms with Crippen LogP contribution in [-0.2, 0) is 19.1 Å². The van der Waals surface area contributed by atoms with Crippen molar-refractivity contribution in [3.63, 3.8) is 0 Å². The number of hydrogen-bond acceptors (Lipinski definition) is 10. The van der Waals surface area contributed by atoms with Crippen molar-refractivity contribution in [2.45, 2.75) is 168 Å². The molecule has 0 aliphatic heterocycles. The van der Waals surface area contributed by atoms with Crippen molar-refractivity contribution < 1.29 is 28.6 Å². The molecule has 11 heteroatoms. The van der Waals surface area contributed by atoms with Crippen LogP contribution in [0.15, 0.2) is 36.5 Å². The lowest BCUT2D eigenvalue weighted by Crippen LogP contribution is -2.54. The molecule has 338 valence electrons. The van der Waals surface area contributed by atoms with E-state index in [1.807, 2.05) is 18.2 Å². The van der Waals surface area contributed by atoms with Crippen LogP contribution in [-0.4, -0.2) is 53.1 Å². The van der Waals surface area contributed by atoms with Gasteiger partial charge >= 0.3 is 11.9 Å². The number of thiazole rings is 1. The maximum absolute atomic E-state index is 13.2. The molecule has 2 aromatic heterocycles. The average molecular weight is 869 g/mol. The van der Waals surface area contributed by atoms with Crippen LogP contribution in [0.1, 0.15) is 161 Å². The van der Waals surface area contributed by atoms with Crippen LogP contribution in [0.25, 0.3) is 10.2 Å². The van der Waals surface area contributed by atoms with Crippen molar-refractivity contribution >= 4 is 44.5 Å². The molecule has 5 fully saturated rings. The molecule has 8 rings (SSSR count). The first kappa shape index (κ1) is 44.9. The van der Waals surface area contributed by atoms with Gasteiger partial charge in [-0.25, -0.2) is 4.98 Å². The second-order valence-corrected chi connectivity index (χ2v) is 21.9. The van der Waals surface area contributed by atoms with Gasteiger partial charge in [0.05, 0.1) is 29.1 Å². The van der Waals surface area contributed by atoms with Gasteiger partial charge in [0, 0.05) is 25.4 Å². The molecule has 5 aliphatic rings. The third kappa shape index (κ3) is 9.68. The molecule has 2 unspecified atom stereocenters. The number of pyridine rings is 1. The summed E-state index contributed by atoms with van der Waals surface area (Å²) in [6.07, 6.45) is 20.3. The van der Waals surface area contributed by atoms with Crippen molar-refractivity contribution in [2.75, 3.05) is 12.4 Å². The standard InChI is InChI=1S/C51H72N4O6S/c1-31(2)10-9-11-32(3)38-17-18-39-37-16-14-33-28-35(22-25-50(33,4)40(37)23-26-51(38,39)5)60-46(56)20-21-47(57)61-44-13-8-7-12-41(44)54-49-55-42-19-15-34(30-45(42)62-49)59-36-24-27-53-43(29-36)48(58)52-6/h15,19,24,27,29-33,35,37-41,44H,7-14,16-18,20-23,25-26,28H2,1-6H3,(H,52,58)(H,54,55)/t32-,33?,35+,37+,38-,39+,40+,41?,44-,50+,51-/m1/s1. The fourth-order valence-electron chi connectivity index (χ4n) is 13.5. The Labute approximate surface area is 373 Å². The Morgan fingerprint density at radius 2 is 1.60 bits per heavy atom. The lowest BCUT2D eigenvalue weighted by Gasteiger charge is -2.61. The number of aromatic nitrogens is 2. The lowest BCUT2D eigenvalue weighted by atomic mass is 9.44. The Hall–Kier alpha value is -3.73. The van der Waals surface area contributed by atoms with E-state index in [1.165, 1.54) is 69.1 Å². The van der Waals surface area contributed by atoms with E-state index in [0.29, 0.717) is 28.2 Å². The van der Waals surface area contributed by atoms with E-state index in [-0.39, 0.29) is 54.6 Å². The zero-order valence-electron chi connectivity index (χ0n) is 38.2. The SMILES string of the molecule is CNC(=O)c1cc(Oc2ccc3nc(NC4CCCC[C@H]4OC(=O)CCC(=O)O[C@H]4CC[C@@]5(C)C(CC[C@H]6[C@@H]7CC[C@H]([C@H](C)CCCC(C)C)[C@@]7(C)CC[C@@H]65)C4)sc3c2)ccn1. The first-order chi connectivity index (χ1) is 29.8. The first-order valence-corrected chi connectivity index (χ1v) is 25.1. The fraction of sp³-hybridized carbons (Fsp3) is 0.706. The van der Waals surface area contributed by atoms with E-state index in [1.54, 1.807) is 25.4 Å². The van der Waals surface area contributed by atoms with Crippen molar-refractivity contribution in [3.05, 3.63) is 42.2 Å². The number of hydrogen-bond donors (Lipinski definition) is 2. The van der Waals surface area contributed by atoms with Gasteiger partial charge in [-0.3, -0.25) is 19.4 Å². The summed E-state index contributed by atoms with van der Waals surface area (Å²) in [7, 11) is 1.56. The fourth-order valence-corrected chi connectivity index (χ4v) is 14.4. The number of anilines is 1. The summed E-state index contributed by atoms with van der Waals surface area (Å²) in [5.41, 5.74) is 1.96. The Balaban J connectivity index is 0.791. The Kier molecular flexibility index (Phi) is 13.9. The minimum atomic E-state index is -0.347. The zero-order chi connectivity index (χ0) is 43.6. The van der Waals surface area contributed by atoms with E-state index < -0.39 is 0 Å². The molecule has 2 N–H and O–H groups in total. The molecule has 5 aliphatic carbocycles. The molecular weight excluding hydrogens is 797 g/mol. The van der Waals surface area contributed by atoms with Crippen LogP contribution in [0, 0.1) is 52.3 Å². The summed E-state index contributed by atoms with van der Waals surface area (Å²) in [5.74, 6) is 5.90. The normalized spacial score (nSPS) is 32.2. The van der Waals surface area contributed by atoms with E-state index in [9.17, 15) is 14.4 Å². The molecular formula is C51H72N4O6S. The molecule has 0 radical (unpaired) electrons. The van der Waals surface area contributed by atoms with Gasteiger partial charge in [-0.2, -0.15) is 0 Å². The van der Waals surface area contributed by atoms with Gasteiger partial charge in [-0.15, -0.1) is 0 Å². The molecule has 0 spiro atoms. The highest BCUT2D eigenvalue weighted by molar-refractivity contribution is 7.22. The summed E-state index contributed by atoms with van der Waals surface area (Å²) < 4.78 is 19.2. The quantitative estimate of drug-likeness (QED) is 0.143. The minimum Gasteiger partial charge on any atom is -0.462 e. The van der Waals surface area contributed by atoms with Crippen LogP contribution >= 0.6 is 11.3 Å². The maximum Gasteiger partial charge on any atom is 0.306 e. The van der Waals surface area contributed by atoms with E-state index >= 15 is 0 Å². The highest BCUT2D eigenvalue weighted by Gasteiger charge is 2.60. The van der Waals surface area contributed by atoms with Gasteiger partial charge < -0.3 is 24.8 Å². The van der Waals surface area contributed by atoms with E-state index in [4.69, 9.17) is 19.2 Å². The third-order valence-corrected chi connectivity index (χ3v) is 17.7. The monoisotopic (exact) mass is 869 g/mol. The summed E-state index contributed by atoms with van der Waals surface area (Å²) in [4.78, 5) is 47.3. The topological polar surface area (TPSA) is 129 Å². The van der Waals surface area contributed by atoms with E-state index in [2.05, 4.69) is 50.2 Å². The van der Waals surface area contributed by atoms with Crippen LogP contribution in [0.5, 0.6) is 11.5 Å². The van der Waals surface area contributed by atoms with Crippen molar-refractivity contribution in [1.29, 1.82) is 0 Å². The van der Waals surface area contributed by atoms with Crippen LogP contribution in [0.3, 0.4) is 0 Å². The minimum absolute atomic E-state index is 0.0309. The van der Waals surface area contributed by atoms with Gasteiger partial charge in [-0.05, 0) is 148 Å². The number of nitrogens with zero attached hydrogens (tertiary/aromatic N) is 2. The van der Waals surface area contributed by atoms with Gasteiger partial charge in [0.1, 0.15) is 29.4 Å². The molecule has 62 heavy (non-hydrogen) atoms. The number of esters is 2. The average Bonchev–Trinajstić information content (AvgIpc) is 3.83. The number of ether oxygens (including phenoxy) is 3. The van der Waals surface area contributed by atoms with Crippen LogP contribution < -0.4 is 15.4 Å². The predicted octanol–water partition coefficient (Wildman–Crippen LogP) is 11.9. The Bertz CT molecular complexity index is 2050. The number of carbonyl (C=O) groups excluding carboxylic acids is 3. The molecule has 10 nitrogen and oxygen atoms in total. The Morgan fingerprint density at radius 1 is 0.839 bits per heavy atom. The predicted molar refractivity (Wildman–Crippen MR) is 245 cm³/mol. The number of fused-ring (bicyclic) bond motifs is 6. The largest absolute Gasteiger partial charge is 0.462 e. The number of benzene rings is 1. The number of amides is 1. The molecule has 2 heterocycles. The number of nitrogens with one attached hydrogen (secondary N) is 2. The molecule has 1 aromatic carbocycles. The number of rotatable bonds is 15. The molecule has 0 bridgehead atoms. The van der Waals surface area contributed by atoms with E-state index in [0.717, 1.165) is 95.8 Å². The number of carbonyl (C=O) groups is 3. The molecule has 1 amide bonds. The van der Waals surface area contributed by atoms with Crippen LogP contribution in [0.2, 0.25) is 0 Å². The highest BCUT2D eigenvalue weighted by Crippen LogP contribution is 2.68. The lowest BCUT2D eigenvalue weighted by molar-refractivity contribution is -0.165. The van der Waals surface area contributed by atoms with Gasteiger partial charge in [0.25, 0.3) is 5.91 Å². The highest BCUT2D eigenvalue weighted by atomic mass is 32.1. The molecule has 5 saturated carbocycles. The summed E-state index contributed by atoms with van der Waals surface area (Å²) in [6.45, 7) is 12.6. The summed E-state index contributed by atoms with van der Waals surface area (Å²) in [6, 6.07) is 8.93. The summed E-state index contributed by atoms with van der Waals surface area (Å²) >= 11 is 1.52.